The summed E-state index contributed by atoms with van der Waals surface area (Å²) >= 11 is 0. The molecule has 156 valence electrons. The van der Waals surface area contributed by atoms with Crippen LogP contribution in [0.2, 0.25) is 0 Å². The minimum Gasteiger partial charge on any atom is -0.496 e. The minimum atomic E-state index is -0.694. The molecule has 0 spiro atoms. The van der Waals surface area contributed by atoms with Gasteiger partial charge in [-0.15, -0.1) is 0 Å². The average molecular weight is 405 g/mol. The van der Waals surface area contributed by atoms with Crippen molar-refractivity contribution in [2.75, 3.05) is 43.6 Å². The van der Waals surface area contributed by atoms with E-state index in [-0.39, 0.29) is 31.3 Å². The van der Waals surface area contributed by atoms with Gasteiger partial charge in [0.05, 0.1) is 31.3 Å². The molecule has 0 heterocycles. The first-order valence-corrected chi connectivity index (χ1v) is 8.80. The maximum absolute atomic E-state index is 12.0. The van der Waals surface area contributed by atoms with E-state index in [2.05, 4.69) is 5.32 Å². The van der Waals surface area contributed by atoms with Crippen molar-refractivity contribution in [1.82, 2.24) is 0 Å². The maximum atomic E-state index is 12.0. The predicted molar refractivity (Wildman–Crippen MR) is 106 cm³/mol. The smallest absolute Gasteiger partial charge is 0.411 e. The van der Waals surface area contributed by atoms with Crippen LogP contribution in [0.5, 0.6) is 5.75 Å². The summed E-state index contributed by atoms with van der Waals surface area (Å²) in [6.07, 6.45) is -0.694. The molecule has 29 heavy (non-hydrogen) atoms. The Balaban J connectivity index is 1.95. The molecular formula is C19H23N3O7. The van der Waals surface area contributed by atoms with E-state index in [1.54, 1.807) is 24.3 Å². The van der Waals surface area contributed by atoms with Gasteiger partial charge in [-0.2, -0.15) is 0 Å². The molecule has 0 aliphatic carbocycles. The molecular weight excluding hydrogens is 382 g/mol. The number of rotatable bonds is 10. The van der Waals surface area contributed by atoms with Crippen LogP contribution in [0.25, 0.3) is 0 Å². The van der Waals surface area contributed by atoms with Gasteiger partial charge >= 0.3 is 6.09 Å². The van der Waals surface area contributed by atoms with Crippen molar-refractivity contribution in [1.29, 1.82) is 0 Å². The number of nitro benzene ring substituents is 1. The fourth-order valence-corrected chi connectivity index (χ4v) is 2.63. The topological polar surface area (TPSA) is 134 Å². The van der Waals surface area contributed by atoms with Crippen LogP contribution in [0.15, 0.2) is 42.5 Å². The highest BCUT2D eigenvalue weighted by Crippen LogP contribution is 2.25. The van der Waals surface area contributed by atoms with Gasteiger partial charge in [-0.25, -0.2) is 4.79 Å². The highest BCUT2D eigenvalue weighted by atomic mass is 16.6. The second-order valence-corrected chi connectivity index (χ2v) is 5.94. The zero-order valence-corrected chi connectivity index (χ0v) is 15.9. The first kappa shape index (κ1) is 21.9. The summed E-state index contributed by atoms with van der Waals surface area (Å²) in [5.74, 6) is 0.254. The average Bonchev–Trinajstić information content (AvgIpc) is 2.72. The van der Waals surface area contributed by atoms with Crippen LogP contribution in [-0.2, 0) is 11.3 Å². The Labute approximate surface area is 167 Å². The molecule has 2 aromatic rings. The highest BCUT2D eigenvalue weighted by molar-refractivity contribution is 5.84. The lowest BCUT2D eigenvalue weighted by molar-refractivity contribution is -0.384. The molecule has 0 saturated heterocycles. The fraction of sp³-hybridized carbons (Fsp3) is 0.316. The summed E-state index contributed by atoms with van der Waals surface area (Å²) in [7, 11) is 1.38. The molecule has 0 fully saturated rings. The van der Waals surface area contributed by atoms with Crippen molar-refractivity contribution < 1.29 is 29.4 Å². The number of amides is 1. The van der Waals surface area contributed by atoms with E-state index in [4.69, 9.17) is 19.7 Å². The molecule has 0 atom stereocenters. The monoisotopic (exact) mass is 405 g/mol. The van der Waals surface area contributed by atoms with Crippen molar-refractivity contribution in [3.63, 3.8) is 0 Å². The van der Waals surface area contributed by atoms with Gasteiger partial charge in [0, 0.05) is 36.1 Å². The lowest BCUT2D eigenvalue weighted by Gasteiger charge is -2.23. The number of benzene rings is 2. The molecule has 2 aromatic carbocycles. The zero-order valence-electron chi connectivity index (χ0n) is 15.9. The molecule has 3 N–H and O–H groups in total. The number of carbonyl (C=O) groups is 1. The van der Waals surface area contributed by atoms with Gasteiger partial charge < -0.3 is 24.6 Å². The van der Waals surface area contributed by atoms with Crippen LogP contribution in [-0.4, -0.2) is 54.6 Å². The minimum absolute atomic E-state index is 0.0432. The van der Waals surface area contributed by atoms with Crippen LogP contribution in [0, 0.1) is 10.1 Å². The van der Waals surface area contributed by atoms with Gasteiger partial charge in [0.1, 0.15) is 12.4 Å². The Kier molecular flexibility index (Phi) is 8.19. The number of nitrogens with one attached hydrogen (secondary N) is 1. The largest absolute Gasteiger partial charge is 0.496 e. The number of nitrogens with zero attached hydrogens (tertiary/aromatic N) is 2. The summed E-state index contributed by atoms with van der Waals surface area (Å²) in [4.78, 5) is 24.1. The fourth-order valence-electron chi connectivity index (χ4n) is 2.63. The molecule has 0 bridgehead atoms. The van der Waals surface area contributed by atoms with Crippen LogP contribution >= 0.6 is 0 Å². The summed E-state index contributed by atoms with van der Waals surface area (Å²) < 4.78 is 10.3. The Morgan fingerprint density at radius 3 is 2.34 bits per heavy atom. The Morgan fingerprint density at radius 1 is 1.14 bits per heavy atom. The molecule has 0 unspecified atom stereocenters. The highest BCUT2D eigenvalue weighted by Gasteiger charge is 2.13. The number of aliphatic hydroxyl groups is 2. The van der Waals surface area contributed by atoms with E-state index in [9.17, 15) is 14.9 Å². The summed E-state index contributed by atoms with van der Waals surface area (Å²) in [6.45, 7) is 0.557. The van der Waals surface area contributed by atoms with Crippen molar-refractivity contribution in [3.8, 4) is 5.75 Å². The van der Waals surface area contributed by atoms with Gasteiger partial charge in [-0.1, -0.05) is 0 Å². The van der Waals surface area contributed by atoms with E-state index in [0.29, 0.717) is 24.3 Å². The molecule has 2 rings (SSSR count). The standard InChI is InChI=1S/C19H23N3O7/c1-28-18-12-17(22(26)27)5-2-14(18)13-29-19(25)20-15-3-6-16(7-4-15)21(8-10-23)9-11-24/h2-7,12,23-24H,8-11,13H2,1H3,(H,20,25). The Hall–Kier alpha value is -3.37. The SMILES string of the molecule is COc1cc([N+](=O)[O-])ccc1COC(=O)Nc1ccc(N(CCO)CCO)cc1. The third kappa shape index (κ3) is 6.33. The second kappa shape index (κ2) is 10.8. The van der Waals surface area contributed by atoms with Crippen molar-refractivity contribution in [2.24, 2.45) is 0 Å². The molecule has 0 aliphatic rings. The third-order valence-electron chi connectivity index (χ3n) is 4.06. The van der Waals surface area contributed by atoms with E-state index < -0.39 is 11.0 Å². The van der Waals surface area contributed by atoms with Crippen molar-refractivity contribution in [3.05, 3.63) is 58.1 Å². The maximum Gasteiger partial charge on any atom is 0.411 e. The Bertz CT molecular complexity index is 821. The number of hydrogen-bond acceptors (Lipinski definition) is 8. The lowest BCUT2D eigenvalue weighted by Crippen LogP contribution is -2.29. The van der Waals surface area contributed by atoms with Gasteiger partial charge in [0.15, 0.2) is 0 Å². The normalized spacial score (nSPS) is 10.3. The lowest BCUT2D eigenvalue weighted by atomic mass is 10.2. The Morgan fingerprint density at radius 2 is 1.79 bits per heavy atom. The van der Waals surface area contributed by atoms with Gasteiger partial charge in [-0.3, -0.25) is 15.4 Å². The van der Waals surface area contributed by atoms with Crippen molar-refractivity contribution >= 4 is 23.2 Å². The number of ether oxygens (including phenoxy) is 2. The number of carbonyl (C=O) groups excluding carboxylic acids is 1. The van der Waals surface area contributed by atoms with E-state index in [1.165, 1.54) is 25.3 Å². The number of methoxy groups -OCH3 is 1. The van der Waals surface area contributed by atoms with Crippen LogP contribution in [0.1, 0.15) is 5.56 Å². The van der Waals surface area contributed by atoms with Gasteiger partial charge in [0.25, 0.3) is 5.69 Å². The summed E-state index contributed by atoms with van der Waals surface area (Å²) in [5, 5.41) is 31.6. The molecule has 0 aromatic heterocycles. The first-order valence-electron chi connectivity index (χ1n) is 8.80. The molecule has 10 nitrogen and oxygen atoms in total. The van der Waals surface area contributed by atoms with Crippen LogP contribution < -0.4 is 15.0 Å². The predicted octanol–water partition coefficient (Wildman–Crippen LogP) is 2.14. The quantitative estimate of drug-likeness (QED) is 0.404. The second-order valence-electron chi connectivity index (χ2n) is 5.94. The number of hydrogen-bond donors (Lipinski definition) is 3. The van der Waals surface area contributed by atoms with Gasteiger partial charge in [0.2, 0.25) is 0 Å². The number of anilines is 2. The van der Waals surface area contributed by atoms with E-state index >= 15 is 0 Å². The van der Waals surface area contributed by atoms with Gasteiger partial charge in [-0.05, 0) is 30.3 Å². The molecule has 0 aliphatic heterocycles. The van der Waals surface area contributed by atoms with Crippen LogP contribution in [0.3, 0.4) is 0 Å². The zero-order chi connectivity index (χ0) is 21.2. The van der Waals surface area contributed by atoms with Crippen LogP contribution in [0.4, 0.5) is 21.9 Å². The van der Waals surface area contributed by atoms with E-state index in [0.717, 1.165) is 5.69 Å². The number of nitro groups is 1. The third-order valence-corrected chi connectivity index (χ3v) is 4.06. The first-order chi connectivity index (χ1) is 14.0. The number of aliphatic hydroxyl groups excluding tert-OH is 2. The molecule has 1 amide bonds. The summed E-state index contributed by atoms with van der Waals surface area (Å²) in [5.41, 5.74) is 1.67. The molecule has 0 radical (unpaired) electrons. The summed E-state index contributed by atoms with van der Waals surface area (Å²) in [6, 6.07) is 10.9. The number of non-ortho nitro benzene ring substituents is 1. The molecule has 10 heteroatoms. The molecule has 0 saturated carbocycles. The van der Waals surface area contributed by atoms with E-state index in [1.807, 2.05) is 4.90 Å². The van der Waals surface area contributed by atoms with Crippen molar-refractivity contribution in [2.45, 2.75) is 6.61 Å².